The Morgan fingerprint density at radius 2 is 2.26 bits per heavy atom. The second kappa shape index (κ2) is 6.78. The van der Waals surface area contributed by atoms with E-state index in [2.05, 4.69) is 20.6 Å². The zero-order chi connectivity index (χ0) is 16.4. The number of carbonyl (C=O) groups is 1. The molecule has 1 unspecified atom stereocenters. The lowest BCUT2D eigenvalue weighted by Crippen LogP contribution is -2.45. The predicted molar refractivity (Wildman–Crippen MR) is 84.7 cm³/mol. The monoisotopic (exact) mass is 344 g/mol. The Bertz CT molecular complexity index is 565. The van der Waals surface area contributed by atoms with Gasteiger partial charge in [-0.05, 0) is 13.3 Å². The minimum atomic E-state index is -2.76. The summed E-state index contributed by atoms with van der Waals surface area (Å²) in [4.78, 5) is 20.9. The van der Waals surface area contributed by atoms with Gasteiger partial charge in [-0.2, -0.15) is 0 Å². The number of aromatic nitrogens is 1. The van der Waals surface area contributed by atoms with Crippen molar-refractivity contribution in [1.82, 2.24) is 20.1 Å². The number of thiazole rings is 1. The molecule has 1 atom stereocenters. The summed E-state index contributed by atoms with van der Waals surface area (Å²) in [7, 11) is 0. The summed E-state index contributed by atoms with van der Waals surface area (Å²) in [6.07, 6.45) is 0.474. The van der Waals surface area contributed by atoms with E-state index in [1.165, 1.54) is 0 Å². The molecular weight excluding hydrogens is 322 g/mol. The Kier molecular flexibility index (Phi) is 4.93. The molecule has 8 heteroatoms. The number of hydrogen-bond donors (Lipinski definition) is 1. The van der Waals surface area contributed by atoms with Gasteiger partial charge in [-0.15, -0.1) is 11.3 Å². The first-order valence-corrected chi connectivity index (χ1v) is 8.84. The molecule has 0 aliphatic carbocycles. The third kappa shape index (κ3) is 4.24. The van der Waals surface area contributed by atoms with Crippen molar-refractivity contribution >= 4 is 17.2 Å². The van der Waals surface area contributed by atoms with Crippen LogP contribution < -0.4 is 5.32 Å². The number of amides is 1. The zero-order valence-electron chi connectivity index (χ0n) is 13.2. The maximum Gasteiger partial charge on any atom is 0.262 e. The highest BCUT2D eigenvalue weighted by Crippen LogP contribution is 2.26. The highest BCUT2D eigenvalue weighted by Gasteiger charge is 2.43. The van der Waals surface area contributed by atoms with Gasteiger partial charge in [0, 0.05) is 44.5 Å². The summed E-state index contributed by atoms with van der Waals surface area (Å²) >= 11 is 1.64. The smallest absolute Gasteiger partial charge is 0.262 e. The molecular formula is C15H22F2N4OS. The van der Waals surface area contributed by atoms with Crippen LogP contribution in [0.3, 0.4) is 0 Å². The molecule has 1 aromatic rings. The first-order valence-electron chi connectivity index (χ1n) is 7.96. The van der Waals surface area contributed by atoms with E-state index in [-0.39, 0.29) is 12.3 Å². The topological polar surface area (TPSA) is 48.5 Å². The van der Waals surface area contributed by atoms with Crippen LogP contribution in [0.1, 0.15) is 23.5 Å². The summed E-state index contributed by atoms with van der Waals surface area (Å²) < 4.78 is 26.5. The number of nitrogens with one attached hydrogen (secondary N) is 1. The van der Waals surface area contributed by atoms with Crippen LogP contribution in [-0.4, -0.2) is 65.4 Å². The quantitative estimate of drug-likeness (QED) is 0.902. The van der Waals surface area contributed by atoms with Gasteiger partial charge < -0.3 is 4.90 Å². The van der Waals surface area contributed by atoms with E-state index in [1.807, 2.05) is 6.92 Å². The van der Waals surface area contributed by atoms with E-state index < -0.39 is 18.5 Å². The fraction of sp³-hybridized carbons (Fsp3) is 0.733. The average Bonchev–Trinajstić information content (AvgIpc) is 2.97. The number of nitrogens with zero attached hydrogens (tertiary/aromatic N) is 3. The molecule has 2 saturated heterocycles. The summed E-state index contributed by atoms with van der Waals surface area (Å²) in [5, 5.41) is 5.77. The van der Waals surface area contributed by atoms with Crippen LogP contribution in [0.4, 0.5) is 8.78 Å². The summed E-state index contributed by atoms with van der Waals surface area (Å²) in [5.74, 6) is -2.95. The normalized spacial score (nSPS) is 25.5. The molecule has 1 N–H and O–H groups in total. The van der Waals surface area contributed by atoms with Crippen molar-refractivity contribution in [3.05, 3.63) is 16.1 Å². The van der Waals surface area contributed by atoms with Gasteiger partial charge in [-0.3, -0.25) is 15.0 Å². The van der Waals surface area contributed by atoms with Crippen molar-refractivity contribution in [3.63, 3.8) is 0 Å². The van der Waals surface area contributed by atoms with E-state index in [9.17, 15) is 13.6 Å². The van der Waals surface area contributed by atoms with Crippen LogP contribution in [0.5, 0.6) is 0 Å². The van der Waals surface area contributed by atoms with Gasteiger partial charge in [0.05, 0.1) is 23.3 Å². The number of hydrogen-bond acceptors (Lipinski definition) is 5. The van der Waals surface area contributed by atoms with E-state index >= 15 is 0 Å². The zero-order valence-corrected chi connectivity index (χ0v) is 14.0. The van der Waals surface area contributed by atoms with Crippen LogP contribution in [0.15, 0.2) is 5.38 Å². The molecule has 3 rings (SSSR count). The van der Waals surface area contributed by atoms with Crippen LogP contribution in [-0.2, 0) is 11.3 Å². The van der Waals surface area contributed by atoms with E-state index in [4.69, 9.17) is 0 Å². The third-order valence-corrected chi connectivity index (χ3v) is 5.18. The highest BCUT2D eigenvalue weighted by atomic mass is 32.1. The standard InChI is InChI=1S/C15H22F2N4OS/c1-11-19-12(9-23-11)8-20-3-2-4-21(6-5-20)14(22)13-7-15(16,17)10-18-13/h9,13,18H,2-8,10H2,1H3. The van der Waals surface area contributed by atoms with Gasteiger partial charge in [-0.1, -0.05) is 0 Å². The molecule has 0 spiro atoms. The number of alkyl halides is 2. The number of rotatable bonds is 3. The molecule has 0 aromatic carbocycles. The van der Waals surface area contributed by atoms with Crippen molar-refractivity contribution in [2.45, 2.75) is 38.3 Å². The minimum absolute atomic E-state index is 0.187. The number of carbonyl (C=O) groups excluding carboxylic acids is 1. The van der Waals surface area contributed by atoms with E-state index in [0.717, 1.165) is 36.8 Å². The molecule has 128 valence electrons. The molecule has 23 heavy (non-hydrogen) atoms. The summed E-state index contributed by atoms with van der Waals surface area (Å²) in [6.45, 7) is 5.25. The van der Waals surface area contributed by atoms with Gasteiger partial charge in [-0.25, -0.2) is 13.8 Å². The SMILES string of the molecule is Cc1nc(CN2CCCN(C(=O)C3CC(F)(F)CN3)CC2)cs1. The van der Waals surface area contributed by atoms with Crippen molar-refractivity contribution in [2.24, 2.45) is 0 Å². The Balaban J connectivity index is 1.53. The molecule has 5 nitrogen and oxygen atoms in total. The molecule has 1 aromatic heterocycles. The maximum absolute atomic E-state index is 13.3. The van der Waals surface area contributed by atoms with Gasteiger partial charge >= 0.3 is 0 Å². The van der Waals surface area contributed by atoms with Crippen molar-refractivity contribution in [1.29, 1.82) is 0 Å². The molecule has 0 saturated carbocycles. The Morgan fingerprint density at radius 1 is 1.43 bits per heavy atom. The van der Waals surface area contributed by atoms with Crippen LogP contribution in [0, 0.1) is 6.92 Å². The Labute approximate surface area is 138 Å². The Hall–Kier alpha value is -1.12. The minimum Gasteiger partial charge on any atom is -0.340 e. The van der Waals surface area contributed by atoms with Crippen LogP contribution >= 0.6 is 11.3 Å². The van der Waals surface area contributed by atoms with Gasteiger partial charge in [0.15, 0.2) is 0 Å². The predicted octanol–water partition coefficient (Wildman–Crippen LogP) is 1.48. The van der Waals surface area contributed by atoms with Gasteiger partial charge in [0.2, 0.25) is 5.91 Å². The number of aryl methyl sites for hydroxylation is 1. The third-order valence-electron chi connectivity index (χ3n) is 4.36. The lowest BCUT2D eigenvalue weighted by atomic mass is 10.1. The first-order chi connectivity index (χ1) is 10.9. The largest absolute Gasteiger partial charge is 0.340 e. The lowest BCUT2D eigenvalue weighted by Gasteiger charge is -2.24. The Morgan fingerprint density at radius 3 is 2.91 bits per heavy atom. The molecule has 2 aliphatic rings. The second-order valence-corrected chi connectivity index (χ2v) is 7.37. The van der Waals surface area contributed by atoms with Crippen LogP contribution in [0.2, 0.25) is 0 Å². The van der Waals surface area contributed by atoms with E-state index in [0.29, 0.717) is 13.1 Å². The number of halogens is 2. The first kappa shape index (κ1) is 16.7. The fourth-order valence-corrected chi connectivity index (χ4v) is 3.77. The van der Waals surface area contributed by atoms with E-state index in [1.54, 1.807) is 16.2 Å². The van der Waals surface area contributed by atoms with Crippen LogP contribution in [0.25, 0.3) is 0 Å². The molecule has 0 radical (unpaired) electrons. The van der Waals surface area contributed by atoms with Gasteiger partial charge in [0.25, 0.3) is 5.92 Å². The summed E-state index contributed by atoms with van der Waals surface area (Å²) in [6, 6.07) is -0.738. The molecule has 3 heterocycles. The second-order valence-electron chi connectivity index (χ2n) is 6.31. The molecule has 2 aliphatic heterocycles. The summed E-state index contributed by atoms with van der Waals surface area (Å²) in [5.41, 5.74) is 1.06. The molecule has 2 fully saturated rings. The lowest BCUT2D eigenvalue weighted by molar-refractivity contribution is -0.133. The maximum atomic E-state index is 13.3. The van der Waals surface area contributed by atoms with Crippen molar-refractivity contribution < 1.29 is 13.6 Å². The average molecular weight is 344 g/mol. The van der Waals surface area contributed by atoms with Gasteiger partial charge in [0.1, 0.15) is 0 Å². The highest BCUT2D eigenvalue weighted by molar-refractivity contribution is 7.09. The van der Waals surface area contributed by atoms with Crippen molar-refractivity contribution in [3.8, 4) is 0 Å². The van der Waals surface area contributed by atoms with Crippen molar-refractivity contribution in [2.75, 3.05) is 32.7 Å². The molecule has 1 amide bonds. The fourth-order valence-electron chi connectivity index (χ4n) is 3.17. The molecule has 0 bridgehead atoms.